The Balaban J connectivity index is 1.17. The number of benzene rings is 3. The molecule has 1 saturated carbocycles. The van der Waals surface area contributed by atoms with Gasteiger partial charge < -0.3 is 25.2 Å². The van der Waals surface area contributed by atoms with E-state index in [1.54, 1.807) is 6.92 Å². The van der Waals surface area contributed by atoms with Crippen molar-refractivity contribution in [1.29, 1.82) is 0 Å². The number of nitrogens with one attached hydrogen (secondary N) is 2. The van der Waals surface area contributed by atoms with E-state index in [2.05, 4.69) is 34.9 Å². The lowest BCUT2D eigenvalue weighted by Gasteiger charge is -2.34. The molecule has 2 amide bonds. The van der Waals surface area contributed by atoms with Crippen LogP contribution in [0.25, 0.3) is 11.1 Å². The van der Waals surface area contributed by atoms with Crippen LogP contribution in [-0.4, -0.2) is 47.9 Å². The first kappa shape index (κ1) is 28.4. The van der Waals surface area contributed by atoms with E-state index in [1.807, 2.05) is 54.6 Å². The number of hydrogen-bond donors (Lipinski definition) is 3. The second kappa shape index (κ2) is 13.0. The summed E-state index contributed by atoms with van der Waals surface area (Å²) < 4.78 is 11.5. The molecule has 1 unspecified atom stereocenters. The highest BCUT2D eigenvalue weighted by molar-refractivity contribution is 5.84. The molecule has 2 aliphatic rings. The molecule has 41 heavy (non-hydrogen) atoms. The van der Waals surface area contributed by atoms with E-state index < -0.39 is 36.2 Å². The maximum absolute atomic E-state index is 13.0. The summed E-state index contributed by atoms with van der Waals surface area (Å²) in [7, 11) is 0. The molecule has 3 N–H and O–H groups in total. The lowest BCUT2D eigenvalue weighted by atomic mass is 9.78. The summed E-state index contributed by atoms with van der Waals surface area (Å²) in [6.45, 7) is 2.04. The number of alkyl carbamates (subject to hydrolysis) is 1. The van der Waals surface area contributed by atoms with Gasteiger partial charge in [-0.1, -0.05) is 85.3 Å². The number of fused-ring (bicyclic) bond motifs is 3. The molecule has 0 aliphatic heterocycles. The van der Waals surface area contributed by atoms with Crippen LogP contribution >= 0.6 is 0 Å². The van der Waals surface area contributed by atoms with Gasteiger partial charge in [0, 0.05) is 18.4 Å². The van der Waals surface area contributed by atoms with Crippen molar-refractivity contribution in [2.75, 3.05) is 6.61 Å². The third-order valence-electron chi connectivity index (χ3n) is 8.18. The second-order valence-electron chi connectivity index (χ2n) is 10.9. The summed E-state index contributed by atoms with van der Waals surface area (Å²) >= 11 is 0. The topological polar surface area (TPSA) is 114 Å². The lowest BCUT2D eigenvalue weighted by Crippen LogP contribution is -2.51. The molecule has 3 aromatic rings. The van der Waals surface area contributed by atoms with Gasteiger partial charge in [0.1, 0.15) is 6.61 Å². The van der Waals surface area contributed by atoms with Gasteiger partial charge in [0.25, 0.3) is 0 Å². The van der Waals surface area contributed by atoms with Gasteiger partial charge in [-0.3, -0.25) is 4.79 Å². The number of amides is 2. The molecule has 8 heteroatoms. The molecule has 0 saturated heterocycles. The Morgan fingerprint density at radius 3 is 2.07 bits per heavy atom. The quantitative estimate of drug-likeness (QED) is 0.281. The van der Waals surface area contributed by atoms with Crippen LogP contribution in [0.3, 0.4) is 0 Å². The average Bonchev–Trinajstić information content (AvgIpc) is 3.26. The smallest absolute Gasteiger partial charge is 0.407 e. The Morgan fingerprint density at radius 2 is 1.49 bits per heavy atom. The molecule has 3 atom stereocenters. The lowest BCUT2D eigenvalue weighted by molar-refractivity contribution is -0.146. The minimum atomic E-state index is -1.22. The molecule has 0 spiro atoms. The van der Waals surface area contributed by atoms with Crippen LogP contribution in [0.1, 0.15) is 55.2 Å². The summed E-state index contributed by atoms with van der Waals surface area (Å²) in [5, 5.41) is 15.3. The number of rotatable bonds is 12. The SMILES string of the molecule is C[C@H](OCc1ccccc1)[C@@H](NC(=O)CC(NC(=O)OCC1c2ccccc2-c2ccccc21)C1CCC1)C(=O)O. The first-order valence-electron chi connectivity index (χ1n) is 14.2. The second-order valence-corrected chi connectivity index (χ2v) is 10.9. The van der Waals surface area contributed by atoms with Crippen LogP contribution in [0.4, 0.5) is 4.79 Å². The minimum Gasteiger partial charge on any atom is -0.480 e. The maximum Gasteiger partial charge on any atom is 0.407 e. The molecular formula is C33H36N2O6. The van der Waals surface area contributed by atoms with Crippen molar-refractivity contribution in [3.8, 4) is 11.1 Å². The van der Waals surface area contributed by atoms with Gasteiger partial charge in [-0.2, -0.15) is 0 Å². The van der Waals surface area contributed by atoms with Crippen molar-refractivity contribution in [3.63, 3.8) is 0 Å². The van der Waals surface area contributed by atoms with Crippen LogP contribution in [0, 0.1) is 5.92 Å². The molecule has 0 radical (unpaired) electrons. The molecule has 1 fully saturated rings. The van der Waals surface area contributed by atoms with Crippen molar-refractivity contribution in [3.05, 3.63) is 95.6 Å². The number of aliphatic carboxylic acids is 1. The monoisotopic (exact) mass is 556 g/mol. The Kier molecular flexibility index (Phi) is 8.99. The molecule has 214 valence electrons. The predicted octanol–water partition coefficient (Wildman–Crippen LogP) is 5.26. The largest absolute Gasteiger partial charge is 0.480 e. The van der Waals surface area contributed by atoms with Gasteiger partial charge in [0.15, 0.2) is 6.04 Å². The molecule has 0 heterocycles. The Morgan fingerprint density at radius 1 is 0.878 bits per heavy atom. The van der Waals surface area contributed by atoms with Crippen LogP contribution < -0.4 is 10.6 Å². The fourth-order valence-corrected chi connectivity index (χ4v) is 5.68. The van der Waals surface area contributed by atoms with Crippen molar-refractivity contribution < 1.29 is 29.0 Å². The van der Waals surface area contributed by atoms with Gasteiger partial charge in [-0.05, 0) is 53.5 Å². The fourth-order valence-electron chi connectivity index (χ4n) is 5.68. The number of carboxylic acids is 1. The fraction of sp³-hybridized carbons (Fsp3) is 0.364. The molecule has 0 aromatic heterocycles. The van der Waals surface area contributed by atoms with Gasteiger partial charge in [0.05, 0.1) is 12.7 Å². The standard InChI is InChI=1S/C33H36N2O6/c1-21(40-19-22-10-3-2-4-11-22)31(32(37)38)35-30(36)18-29(23-12-9-13-23)34-33(39)41-20-28-26-16-7-5-14-24(26)25-15-6-8-17-27(25)28/h2-8,10-11,14-17,21,23,28-29,31H,9,12-13,18-20H2,1H3,(H,34,39)(H,35,36)(H,37,38)/t21-,29?,31+/m0/s1. The number of carbonyl (C=O) groups is 3. The number of ether oxygens (including phenoxy) is 2. The van der Waals surface area contributed by atoms with Crippen molar-refractivity contribution in [2.24, 2.45) is 5.92 Å². The highest BCUT2D eigenvalue weighted by Gasteiger charge is 2.34. The van der Waals surface area contributed by atoms with E-state index in [0.717, 1.165) is 47.1 Å². The van der Waals surface area contributed by atoms with Gasteiger partial charge >= 0.3 is 12.1 Å². The van der Waals surface area contributed by atoms with Gasteiger partial charge in [-0.15, -0.1) is 0 Å². The van der Waals surface area contributed by atoms with Crippen molar-refractivity contribution in [1.82, 2.24) is 10.6 Å². The van der Waals surface area contributed by atoms with Crippen LogP contribution in [0.5, 0.6) is 0 Å². The first-order valence-corrected chi connectivity index (χ1v) is 14.2. The molecular weight excluding hydrogens is 520 g/mol. The number of carbonyl (C=O) groups excluding carboxylic acids is 2. The predicted molar refractivity (Wildman–Crippen MR) is 154 cm³/mol. The van der Waals surface area contributed by atoms with E-state index in [0.29, 0.717) is 0 Å². The summed E-state index contributed by atoms with van der Waals surface area (Å²) in [6.07, 6.45) is 1.43. The average molecular weight is 557 g/mol. The van der Waals surface area contributed by atoms with Gasteiger partial charge in [0.2, 0.25) is 5.91 Å². The van der Waals surface area contributed by atoms with Gasteiger partial charge in [-0.25, -0.2) is 9.59 Å². The molecule has 3 aromatic carbocycles. The third kappa shape index (κ3) is 6.77. The normalized spacial score (nSPS) is 16.4. The van der Waals surface area contributed by atoms with Crippen LogP contribution in [0.15, 0.2) is 78.9 Å². The van der Waals surface area contributed by atoms with Crippen LogP contribution in [-0.2, 0) is 25.7 Å². The minimum absolute atomic E-state index is 0.0377. The molecule has 5 rings (SSSR count). The van der Waals surface area contributed by atoms with E-state index >= 15 is 0 Å². The maximum atomic E-state index is 13.0. The highest BCUT2D eigenvalue weighted by atomic mass is 16.5. The van der Waals surface area contributed by atoms with E-state index in [1.165, 1.54) is 0 Å². The summed E-state index contributed by atoms with van der Waals surface area (Å²) in [5.41, 5.74) is 5.46. The zero-order valence-corrected chi connectivity index (χ0v) is 23.1. The third-order valence-corrected chi connectivity index (χ3v) is 8.18. The zero-order valence-electron chi connectivity index (χ0n) is 23.1. The van der Waals surface area contributed by atoms with E-state index in [9.17, 15) is 19.5 Å². The summed E-state index contributed by atoms with van der Waals surface area (Å²) in [4.78, 5) is 37.9. The van der Waals surface area contributed by atoms with E-state index in [-0.39, 0.29) is 31.5 Å². The summed E-state index contributed by atoms with van der Waals surface area (Å²) in [6, 6.07) is 24.0. The van der Waals surface area contributed by atoms with Crippen molar-refractivity contribution >= 4 is 18.0 Å². The summed E-state index contributed by atoms with van der Waals surface area (Å²) in [5.74, 6) is -1.56. The Bertz CT molecular complexity index is 1330. The molecule has 8 nitrogen and oxygen atoms in total. The highest BCUT2D eigenvalue weighted by Crippen LogP contribution is 2.44. The van der Waals surface area contributed by atoms with E-state index in [4.69, 9.17) is 9.47 Å². The Labute approximate surface area is 240 Å². The zero-order chi connectivity index (χ0) is 28.8. The Hall–Kier alpha value is -4.17. The van der Waals surface area contributed by atoms with Crippen molar-refractivity contribution in [2.45, 2.75) is 63.3 Å². The number of carboxylic acid groups (broad SMARTS) is 1. The number of hydrogen-bond acceptors (Lipinski definition) is 5. The molecule has 2 aliphatic carbocycles. The first-order chi connectivity index (χ1) is 19.9. The molecule has 0 bridgehead atoms. The van der Waals surface area contributed by atoms with Crippen LogP contribution in [0.2, 0.25) is 0 Å².